The van der Waals surface area contributed by atoms with Gasteiger partial charge in [0.25, 0.3) is 0 Å². The Balaban J connectivity index is 2.30. The van der Waals surface area contributed by atoms with Crippen molar-refractivity contribution in [2.45, 2.75) is 0 Å². The number of aromatic nitrogens is 2. The minimum Gasteiger partial charge on any atom is -0.436 e. The molecule has 2 aromatic rings. The molecule has 2 N–H and O–H groups in total. The highest BCUT2D eigenvalue weighted by Gasteiger charge is 2.05. The molecule has 0 fully saturated rings. The van der Waals surface area contributed by atoms with Gasteiger partial charge in [-0.15, -0.1) is 0 Å². The average Bonchev–Trinajstić information content (AvgIpc) is 2.24. The van der Waals surface area contributed by atoms with E-state index in [4.69, 9.17) is 10.5 Å². The lowest BCUT2D eigenvalue weighted by molar-refractivity contribution is 0.461. The second-order valence-electron chi connectivity index (χ2n) is 2.82. The number of rotatable bonds is 2. The maximum atomic E-state index is 5.67. The zero-order chi connectivity index (χ0) is 10.7. The topological polar surface area (TPSA) is 61.0 Å². The van der Waals surface area contributed by atoms with Gasteiger partial charge in [0, 0.05) is 0 Å². The van der Waals surface area contributed by atoms with Crippen molar-refractivity contribution in [1.82, 2.24) is 9.97 Å². The molecule has 0 amide bonds. The Morgan fingerprint density at radius 1 is 1.27 bits per heavy atom. The van der Waals surface area contributed by atoms with E-state index in [0.29, 0.717) is 11.6 Å². The van der Waals surface area contributed by atoms with Crippen LogP contribution in [-0.4, -0.2) is 9.97 Å². The van der Waals surface area contributed by atoms with E-state index >= 15 is 0 Å². The van der Waals surface area contributed by atoms with Crippen LogP contribution in [0.2, 0.25) is 0 Å². The summed E-state index contributed by atoms with van der Waals surface area (Å²) in [4.78, 5) is 7.74. The van der Waals surface area contributed by atoms with Crippen LogP contribution < -0.4 is 10.5 Å². The molecule has 1 aromatic carbocycles. The van der Waals surface area contributed by atoms with E-state index in [1.807, 2.05) is 24.3 Å². The fourth-order valence-corrected chi connectivity index (χ4v) is 1.54. The van der Waals surface area contributed by atoms with Crippen LogP contribution in [0.3, 0.4) is 0 Å². The predicted molar refractivity (Wildman–Crippen MR) is 65.7 cm³/mol. The van der Waals surface area contributed by atoms with E-state index in [1.165, 1.54) is 12.5 Å². The zero-order valence-electron chi connectivity index (χ0n) is 7.72. The van der Waals surface area contributed by atoms with Gasteiger partial charge in [0.2, 0.25) is 5.88 Å². The van der Waals surface area contributed by atoms with Gasteiger partial charge in [-0.25, -0.2) is 4.98 Å². The first-order valence-electron chi connectivity index (χ1n) is 4.25. The Morgan fingerprint density at radius 2 is 2.07 bits per heavy atom. The van der Waals surface area contributed by atoms with Gasteiger partial charge in [0.15, 0.2) is 0 Å². The summed E-state index contributed by atoms with van der Waals surface area (Å²) in [5.74, 6) is 1.12. The summed E-state index contributed by atoms with van der Waals surface area (Å²) >= 11 is 2.19. The summed E-state index contributed by atoms with van der Waals surface area (Å²) in [5.41, 5.74) is 6.09. The molecule has 1 heterocycles. The maximum Gasteiger partial charge on any atom is 0.245 e. The highest BCUT2D eigenvalue weighted by Crippen LogP contribution is 2.27. The average molecular weight is 313 g/mol. The highest BCUT2D eigenvalue weighted by molar-refractivity contribution is 14.1. The molecule has 5 heteroatoms. The molecule has 1 aromatic heterocycles. The molecule has 0 aliphatic heterocycles. The standard InChI is InChI=1S/C10H8IN3O/c11-7-3-1-2-4-9(7)15-10-8(12)5-13-6-14-10/h1-6H,12H2. The monoisotopic (exact) mass is 313 g/mol. The summed E-state index contributed by atoms with van der Waals surface area (Å²) in [7, 11) is 0. The van der Waals surface area contributed by atoms with E-state index in [9.17, 15) is 0 Å². The van der Waals surface area contributed by atoms with Crippen molar-refractivity contribution >= 4 is 28.3 Å². The zero-order valence-corrected chi connectivity index (χ0v) is 9.88. The molecular weight excluding hydrogens is 305 g/mol. The molecule has 0 atom stereocenters. The minimum atomic E-state index is 0.383. The first kappa shape index (κ1) is 10.2. The van der Waals surface area contributed by atoms with Crippen molar-refractivity contribution in [1.29, 1.82) is 0 Å². The number of anilines is 1. The number of hydrogen-bond acceptors (Lipinski definition) is 4. The predicted octanol–water partition coefficient (Wildman–Crippen LogP) is 2.46. The third kappa shape index (κ3) is 2.35. The number of nitrogens with two attached hydrogens (primary N) is 1. The van der Waals surface area contributed by atoms with Crippen LogP contribution in [0, 0.1) is 3.57 Å². The Morgan fingerprint density at radius 3 is 2.80 bits per heavy atom. The molecular formula is C10H8IN3O. The Labute approximate surface area is 101 Å². The lowest BCUT2D eigenvalue weighted by Crippen LogP contribution is -1.96. The fourth-order valence-electron chi connectivity index (χ4n) is 1.05. The van der Waals surface area contributed by atoms with Crippen molar-refractivity contribution in [3.05, 3.63) is 40.4 Å². The lowest BCUT2D eigenvalue weighted by Gasteiger charge is -2.07. The molecule has 0 saturated carbocycles. The van der Waals surface area contributed by atoms with E-state index in [1.54, 1.807) is 0 Å². The first-order valence-corrected chi connectivity index (χ1v) is 5.33. The van der Waals surface area contributed by atoms with Crippen LogP contribution in [0.1, 0.15) is 0 Å². The van der Waals surface area contributed by atoms with Gasteiger partial charge in [0.05, 0.1) is 9.77 Å². The van der Waals surface area contributed by atoms with Gasteiger partial charge < -0.3 is 10.5 Å². The number of nitrogens with zero attached hydrogens (tertiary/aromatic N) is 2. The van der Waals surface area contributed by atoms with Gasteiger partial charge in [-0.2, -0.15) is 4.98 Å². The van der Waals surface area contributed by atoms with E-state index in [2.05, 4.69) is 32.6 Å². The van der Waals surface area contributed by atoms with Crippen molar-refractivity contribution < 1.29 is 4.74 Å². The van der Waals surface area contributed by atoms with Crippen molar-refractivity contribution in [2.24, 2.45) is 0 Å². The number of benzene rings is 1. The van der Waals surface area contributed by atoms with Gasteiger partial charge in [-0.3, -0.25) is 0 Å². The number of para-hydroxylation sites is 1. The Kier molecular flexibility index (Phi) is 3.00. The van der Waals surface area contributed by atoms with Crippen molar-refractivity contribution in [3.63, 3.8) is 0 Å². The van der Waals surface area contributed by atoms with E-state index < -0.39 is 0 Å². The molecule has 2 rings (SSSR count). The van der Waals surface area contributed by atoms with Crippen molar-refractivity contribution in [3.8, 4) is 11.6 Å². The SMILES string of the molecule is Nc1cncnc1Oc1ccccc1I. The molecule has 0 aliphatic rings. The van der Waals surface area contributed by atoms with Gasteiger partial charge in [0.1, 0.15) is 17.8 Å². The first-order chi connectivity index (χ1) is 7.27. The second kappa shape index (κ2) is 4.43. The largest absolute Gasteiger partial charge is 0.436 e. The summed E-state index contributed by atoms with van der Waals surface area (Å²) in [6, 6.07) is 7.66. The van der Waals surface area contributed by atoms with Crippen LogP contribution in [0.15, 0.2) is 36.8 Å². The third-order valence-corrected chi connectivity index (χ3v) is 2.64. The molecule has 0 radical (unpaired) electrons. The van der Waals surface area contributed by atoms with Crippen LogP contribution >= 0.6 is 22.6 Å². The molecule has 0 aliphatic carbocycles. The van der Waals surface area contributed by atoms with Crippen LogP contribution in [0.4, 0.5) is 5.69 Å². The smallest absolute Gasteiger partial charge is 0.245 e. The van der Waals surface area contributed by atoms with Crippen LogP contribution in [0.5, 0.6) is 11.6 Å². The molecule has 0 spiro atoms. The number of nitrogen functional groups attached to an aromatic ring is 1. The molecule has 0 bridgehead atoms. The van der Waals surface area contributed by atoms with Gasteiger partial charge >= 0.3 is 0 Å². The van der Waals surface area contributed by atoms with Gasteiger partial charge in [-0.05, 0) is 34.7 Å². The Bertz CT molecular complexity index is 432. The lowest BCUT2D eigenvalue weighted by atomic mass is 10.3. The van der Waals surface area contributed by atoms with Crippen LogP contribution in [0.25, 0.3) is 0 Å². The Hall–Kier alpha value is -1.37. The molecule has 15 heavy (non-hydrogen) atoms. The third-order valence-electron chi connectivity index (χ3n) is 1.75. The van der Waals surface area contributed by atoms with Crippen LogP contribution in [-0.2, 0) is 0 Å². The van der Waals surface area contributed by atoms with E-state index in [-0.39, 0.29) is 0 Å². The molecule has 76 valence electrons. The van der Waals surface area contributed by atoms with Crippen molar-refractivity contribution in [2.75, 3.05) is 5.73 Å². The molecule has 0 saturated heterocycles. The summed E-state index contributed by atoms with van der Waals surface area (Å²) in [5, 5.41) is 0. The number of ether oxygens (including phenoxy) is 1. The second-order valence-corrected chi connectivity index (χ2v) is 3.98. The summed E-state index contributed by atoms with van der Waals surface area (Å²) in [6.07, 6.45) is 2.92. The normalized spacial score (nSPS) is 9.93. The van der Waals surface area contributed by atoms with E-state index in [0.717, 1.165) is 9.32 Å². The fraction of sp³-hybridized carbons (Fsp3) is 0. The summed E-state index contributed by atoms with van der Waals surface area (Å²) < 4.78 is 6.56. The minimum absolute atomic E-state index is 0.383. The summed E-state index contributed by atoms with van der Waals surface area (Å²) in [6.45, 7) is 0. The highest BCUT2D eigenvalue weighted by atomic mass is 127. The molecule has 4 nitrogen and oxygen atoms in total. The number of hydrogen-bond donors (Lipinski definition) is 1. The quantitative estimate of drug-likeness (QED) is 0.865. The molecule has 0 unspecified atom stereocenters. The maximum absolute atomic E-state index is 5.67. The number of halogens is 1. The van der Waals surface area contributed by atoms with Gasteiger partial charge in [-0.1, -0.05) is 12.1 Å².